The summed E-state index contributed by atoms with van der Waals surface area (Å²) < 4.78 is 0. The molecule has 1 amide bonds. The number of carbonyl (C=O) groups is 1. The zero-order valence-electron chi connectivity index (χ0n) is 8.73. The average molecular weight is 202 g/mol. The number of nitrogens with zero attached hydrogens (tertiary/aromatic N) is 1. The van der Waals surface area contributed by atoms with E-state index < -0.39 is 0 Å². The van der Waals surface area contributed by atoms with Crippen LogP contribution in [0.25, 0.3) is 0 Å². The Balaban J connectivity index is 2.92. The number of primary amides is 1. The molecule has 0 aromatic heterocycles. The summed E-state index contributed by atoms with van der Waals surface area (Å²) in [6.07, 6.45) is 1.66. The second kappa shape index (κ2) is 5.16. The fourth-order valence-corrected chi connectivity index (χ4v) is 1.55. The van der Waals surface area contributed by atoms with Gasteiger partial charge in [0.25, 0.3) is 0 Å². The van der Waals surface area contributed by atoms with E-state index in [-0.39, 0.29) is 11.8 Å². The third-order valence-corrected chi connectivity index (χ3v) is 2.36. The zero-order valence-corrected chi connectivity index (χ0v) is 8.73. The molecular weight excluding hydrogens is 188 g/mol. The highest BCUT2D eigenvalue weighted by Gasteiger charge is 2.16. The Hall–Kier alpha value is -1.82. The van der Waals surface area contributed by atoms with Crippen molar-refractivity contribution in [1.82, 2.24) is 0 Å². The molecule has 0 spiro atoms. The first-order valence-corrected chi connectivity index (χ1v) is 4.98. The van der Waals surface area contributed by atoms with E-state index in [0.717, 1.165) is 18.4 Å². The van der Waals surface area contributed by atoms with Gasteiger partial charge >= 0.3 is 0 Å². The standard InChI is InChI=1S/C12H14N2O/c1-2-3-11(12(14)15)10-6-4-9(8-13)5-7-10/h4-7,11H,2-3H2,1H3,(H2,14,15). The zero-order chi connectivity index (χ0) is 11.3. The lowest BCUT2D eigenvalue weighted by Crippen LogP contribution is -2.21. The van der Waals surface area contributed by atoms with Gasteiger partial charge in [0, 0.05) is 0 Å². The Labute approximate surface area is 89.5 Å². The molecule has 0 bridgehead atoms. The molecule has 0 aliphatic heterocycles. The van der Waals surface area contributed by atoms with Gasteiger partial charge in [-0.25, -0.2) is 0 Å². The third kappa shape index (κ3) is 2.81. The Morgan fingerprint density at radius 2 is 2.07 bits per heavy atom. The first kappa shape index (κ1) is 11.3. The fourth-order valence-electron chi connectivity index (χ4n) is 1.55. The van der Waals surface area contributed by atoms with Gasteiger partial charge < -0.3 is 5.73 Å². The van der Waals surface area contributed by atoms with E-state index in [1.807, 2.05) is 13.0 Å². The quantitative estimate of drug-likeness (QED) is 0.810. The normalized spacial score (nSPS) is 11.7. The SMILES string of the molecule is CCCC(C(N)=O)c1ccc(C#N)cc1. The van der Waals surface area contributed by atoms with Gasteiger partial charge in [0.05, 0.1) is 17.6 Å². The van der Waals surface area contributed by atoms with Gasteiger partial charge in [0.2, 0.25) is 5.91 Å². The topological polar surface area (TPSA) is 66.9 Å². The summed E-state index contributed by atoms with van der Waals surface area (Å²) in [4.78, 5) is 11.2. The minimum Gasteiger partial charge on any atom is -0.369 e. The van der Waals surface area contributed by atoms with Crippen molar-refractivity contribution < 1.29 is 4.79 Å². The number of hydrogen-bond donors (Lipinski definition) is 1. The van der Waals surface area contributed by atoms with Crippen LogP contribution in [0.15, 0.2) is 24.3 Å². The van der Waals surface area contributed by atoms with Gasteiger partial charge in [0.1, 0.15) is 0 Å². The number of hydrogen-bond acceptors (Lipinski definition) is 2. The van der Waals surface area contributed by atoms with Crippen molar-refractivity contribution in [3.05, 3.63) is 35.4 Å². The number of amides is 1. The summed E-state index contributed by atoms with van der Waals surface area (Å²) in [7, 11) is 0. The summed E-state index contributed by atoms with van der Waals surface area (Å²) in [5.41, 5.74) is 6.81. The van der Waals surface area contributed by atoms with Gasteiger partial charge in [-0.15, -0.1) is 0 Å². The highest BCUT2D eigenvalue weighted by Crippen LogP contribution is 2.21. The predicted molar refractivity (Wildman–Crippen MR) is 58.0 cm³/mol. The number of nitriles is 1. The minimum absolute atomic E-state index is 0.234. The highest BCUT2D eigenvalue weighted by molar-refractivity contribution is 5.81. The van der Waals surface area contributed by atoms with Crippen LogP contribution < -0.4 is 5.73 Å². The van der Waals surface area contributed by atoms with Crippen molar-refractivity contribution in [1.29, 1.82) is 5.26 Å². The lowest BCUT2D eigenvalue weighted by atomic mass is 9.93. The molecule has 1 aromatic carbocycles. The molecule has 15 heavy (non-hydrogen) atoms. The molecule has 1 unspecified atom stereocenters. The van der Waals surface area contributed by atoms with Crippen LogP contribution in [0.1, 0.15) is 36.8 Å². The van der Waals surface area contributed by atoms with E-state index in [9.17, 15) is 4.79 Å². The Kier molecular flexibility index (Phi) is 3.87. The third-order valence-electron chi connectivity index (χ3n) is 2.36. The molecular formula is C12H14N2O. The van der Waals surface area contributed by atoms with Crippen LogP contribution >= 0.6 is 0 Å². The summed E-state index contributed by atoms with van der Waals surface area (Å²) in [5.74, 6) is -0.538. The van der Waals surface area contributed by atoms with E-state index in [4.69, 9.17) is 11.0 Å². The van der Waals surface area contributed by atoms with E-state index in [1.54, 1.807) is 24.3 Å². The van der Waals surface area contributed by atoms with Crippen LogP contribution in [0.2, 0.25) is 0 Å². The molecule has 0 aliphatic carbocycles. The maximum atomic E-state index is 11.2. The van der Waals surface area contributed by atoms with Gasteiger partial charge in [-0.3, -0.25) is 4.79 Å². The molecule has 1 atom stereocenters. The van der Waals surface area contributed by atoms with E-state index >= 15 is 0 Å². The molecule has 1 aromatic rings. The molecule has 2 N–H and O–H groups in total. The number of carbonyl (C=O) groups excluding carboxylic acids is 1. The van der Waals surface area contributed by atoms with Gasteiger partial charge in [-0.1, -0.05) is 25.5 Å². The maximum Gasteiger partial charge on any atom is 0.224 e. The van der Waals surface area contributed by atoms with Crippen LogP contribution in [0, 0.1) is 11.3 Å². The van der Waals surface area contributed by atoms with Crippen LogP contribution in [-0.2, 0) is 4.79 Å². The van der Waals surface area contributed by atoms with Crippen LogP contribution in [0.3, 0.4) is 0 Å². The molecule has 0 radical (unpaired) electrons. The second-order valence-electron chi connectivity index (χ2n) is 3.48. The summed E-state index contributed by atoms with van der Waals surface area (Å²) in [5, 5.41) is 8.64. The molecule has 0 saturated heterocycles. The van der Waals surface area contributed by atoms with E-state index in [2.05, 4.69) is 0 Å². The lowest BCUT2D eigenvalue weighted by Gasteiger charge is -2.12. The minimum atomic E-state index is -0.304. The van der Waals surface area contributed by atoms with Gasteiger partial charge in [0.15, 0.2) is 0 Å². The summed E-state index contributed by atoms with van der Waals surface area (Å²) >= 11 is 0. The monoisotopic (exact) mass is 202 g/mol. The number of rotatable bonds is 4. The van der Waals surface area contributed by atoms with Crippen molar-refractivity contribution in [3.8, 4) is 6.07 Å². The largest absolute Gasteiger partial charge is 0.369 e. The Morgan fingerprint density at radius 1 is 1.47 bits per heavy atom. The van der Waals surface area contributed by atoms with Crippen LogP contribution in [0.4, 0.5) is 0 Å². The van der Waals surface area contributed by atoms with Gasteiger partial charge in [-0.2, -0.15) is 5.26 Å². The lowest BCUT2D eigenvalue weighted by molar-refractivity contribution is -0.119. The molecule has 0 saturated carbocycles. The highest BCUT2D eigenvalue weighted by atomic mass is 16.1. The molecule has 1 rings (SSSR count). The van der Waals surface area contributed by atoms with Crippen molar-refractivity contribution in [2.45, 2.75) is 25.7 Å². The maximum absolute atomic E-state index is 11.2. The Morgan fingerprint density at radius 3 is 2.47 bits per heavy atom. The average Bonchev–Trinajstić information content (AvgIpc) is 2.26. The molecule has 0 heterocycles. The number of nitrogens with two attached hydrogens (primary N) is 1. The van der Waals surface area contributed by atoms with E-state index in [0.29, 0.717) is 5.56 Å². The second-order valence-corrected chi connectivity index (χ2v) is 3.48. The van der Waals surface area contributed by atoms with Crippen molar-refractivity contribution >= 4 is 5.91 Å². The molecule has 0 aliphatic rings. The van der Waals surface area contributed by atoms with Crippen LogP contribution in [-0.4, -0.2) is 5.91 Å². The predicted octanol–water partition coefficient (Wildman–Crippen LogP) is 1.93. The Bertz CT molecular complexity index is 376. The molecule has 0 fully saturated rings. The fraction of sp³-hybridized carbons (Fsp3) is 0.333. The number of benzene rings is 1. The summed E-state index contributed by atoms with van der Waals surface area (Å²) in [6, 6.07) is 9.05. The smallest absolute Gasteiger partial charge is 0.224 e. The first-order chi connectivity index (χ1) is 7.19. The van der Waals surface area contributed by atoms with Crippen LogP contribution in [0.5, 0.6) is 0 Å². The van der Waals surface area contributed by atoms with Crippen molar-refractivity contribution in [3.63, 3.8) is 0 Å². The first-order valence-electron chi connectivity index (χ1n) is 4.98. The van der Waals surface area contributed by atoms with E-state index in [1.165, 1.54) is 0 Å². The van der Waals surface area contributed by atoms with Gasteiger partial charge in [-0.05, 0) is 24.1 Å². The van der Waals surface area contributed by atoms with Crippen molar-refractivity contribution in [2.24, 2.45) is 5.73 Å². The van der Waals surface area contributed by atoms with Crippen molar-refractivity contribution in [2.75, 3.05) is 0 Å². The molecule has 3 nitrogen and oxygen atoms in total. The summed E-state index contributed by atoms with van der Waals surface area (Å²) in [6.45, 7) is 2.01. The molecule has 3 heteroatoms. The molecule has 78 valence electrons.